The third-order valence-electron chi connectivity index (χ3n) is 4.43. The zero-order chi connectivity index (χ0) is 19.3. The van der Waals surface area contributed by atoms with Crippen LogP contribution in [0.3, 0.4) is 0 Å². The summed E-state index contributed by atoms with van der Waals surface area (Å²) in [6, 6.07) is 4.74. The van der Waals surface area contributed by atoms with Crippen LogP contribution >= 0.6 is 0 Å². The summed E-state index contributed by atoms with van der Waals surface area (Å²) in [4.78, 5) is 11.9. The van der Waals surface area contributed by atoms with Crippen LogP contribution in [-0.4, -0.2) is 12.6 Å². The fraction of sp³-hybridized carbons (Fsp3) is 0.667. The van der Waals surface area contributed by atoms with Crippen LogP contribution in [0.25, 0.3) is 0 Å². The minimum absolute atomic E-state index is 0.169. The third kappa shape index (κ3) is 9.25. The van der Waals surface area contributed by atoms with E-state index in [4.69, 9.17) is 4.74 Å². The van der Waals surface area contributed by atoms with Gasteiger partial charge in [-0.15, -0.1) is 0 Å². The molecule has 0 aromatic heterocycles. The monoisotopic (exact) mass is 372 g/mol. The molecule has 0 aliphatic carbocycles. The first kappa shape index (κ1) is 22.5. The van der Waals surface area contributed by atoms with Crippen LogP contribution in [0.15, 0.2) is 24.3 Å². The van der Waals surface area contributed by atoms with E-state index in [2.05, 4.69) is 6.92 Å². The van der Waals surface area contributed by atoms with Gasteiger partial charge in [-0.2, -0.15) is 13.2 Å². The van der Waals surface area contributed by atoms with Gasteiger partial charge in [0.1, 0.15) is 0 Å². The molecule has 0 fully saturated rings. The first-order valence-electron chi connectivity index (χ1n) is 9.80. The molecule has 0 N–H and O–H groups in total. The standard InChI is InChI=1S/C21H31F3O2/c1-2-3-4-5-6-7-8-9-10-11-14-17-26-20(25)18-15-12-13-16-19(18)21(22,23)24/h12-13,15-16H,2-11,14,17H2,1H3. The van der Waals surface area contributed by atoms with E-state index in [9.17, 15) is 18.0 Å². The maximum atomic E-state index is 12.9. The maximum absolute atomic E-state index is 12.9. The number of carbonyl (C=O) groups excluding carboxylic acids is 1. The van der Waals surface area contributed by atoms with Crippen molar-refractivity contribution in [2.45, 2.75) is 83.7 Å². The number of esters is 1. The molecule has 1 rings (SSSR count). The van der Waals surface area contributed by atoms with E-state index in [-0.39, 0.29) is 6.61 Å². The molecule has 0 aliphatic heterocycles. The van der Waals surface area contributed by atoms with Crippen molar-refractivity contribution in [1.29, 1.82) is 0 Å². The van der Waals surface area contributed by atoms with Gasteiger partial charge in [-0.1, -0.05) is 83.3 Å². The summed E-state index contributed by atoms with van der Waals surface area (Å²) in [5.74, 6) is -0.898. The fourth-order valence-electron chi connectivity index (χ4n) is 2.92. The van der Waals surface area contributed by atoms with Gasteiger partial charge in [-0.3, -0.25) is 0 Å². The van der Waals surface area contributed by atoms with Crippen molar-refractivity contribution in [3.63, 3.8) is 0 Å². The molecular weight excluding hydrogens is 341 g/mol. The molecule has 0 bridgehead atoms. The van der Waals surface area contributed by atoms with Crippen LogP contribution in [0.2, 0.25) is 0 Å². The van der Waals surface area contributed by atoms with Gasteiger partial charge >= 0.3 is 12.1 Å². The number of carbonyl (C=O) groups is 1. The quantitative estimate of drug-likeness (QED) is 0.271. The van der Waals surface area contributed by atoms with E-state index in [1.165, 1.54) is 63.5 Å². The van der Waals surface area contributed by atoms with Gasteiger partial charge in [0.05, 0.1) is 17.7 Å². The van der Waals surface area contributed by atoms with Gasteiger partial charge < -0.3 is 4.74 Å². The van der Waals surface area contributed by atoms with Crippen molar-refractivity contribution in [3.8, 4) is 0 Å². The zero-order valence-corrected chi connectivity index (χ0v) is 15.7. The molecule has 0 saturated carbocycles. The molecule has 0 amide bonds. The average molecular weight is 372 g/mol. The van der Waals surface area contributed by atoms with Crippen LogP contribution in [0.1, 0.15) is 93.5 Å². The van der Waals surface area contributed by atoms with Crippen molar-refractivity contribution < 1.29 is 22.7 Å². The van der Waals surface area contributed by atoms with Crippen LogP contribution in [0.4, 0.5) is 13.2 Å². The lowest BCUT2D eigenvalue weighted by atomic mass is 10.1. The van der Waals surface area contributed by atoms with E-state index in [0.717, 1.165) is 25.0 Å². The van der Waals surface area contributed by atoms with E-state index >= 15 is 0 Å². The SMILES string of the molecule is CCCCCCCCCCCCCOC(=O)c1ccccc1C(F)(F)F. The van der Waals surface area contributed by atoms with E-state index in [1.807, 2.05) is 0 Å². The number of benzene rings is 1. The van der Waals surface area contributed by atoms with Gasteiger partial charge in [0.2, 0.25) is 0 Å². The van der Waals surface area contributed by atoms with E-state index in [1.54, 1.807) is 0 Å². The Bertz CT molecular complexity index is 512. The Balaban J connectivity index is 2.11. The molecule has 148 valence electrons. The first-order chi connectivity index (χ1) is 12.5. The summed E-state index contributed by atoms with van der Waals surface area (Å²) in [6.45, 7) is 2.38. The van der Waals surface area contributed by atoms with Crippen molar-refractivity contribution in [3.05, 3.63) is 35.4 Å². The smallest absolute Gasteiger partial charge is 0.417 e. The summed E-state index contributed by atoms with van der Waals surface area (Å²) < 4.78 is 43.6. The predicted molar refractivity (Wildman–Crippen MR) is 98.2 cm³/mol. The normalized spacial score (nSPS) is 11.5. The number of rotatable bonds is 13. The average Bonchev–Trinajstić information content (AvgIpc) is 2.61. The number of unbranched alkanes of at least 4 members (excludes halogenated alkanes) is 10. The molecule has 1 aromatic carbocycles. The van der Waals surface area contributed by atoms with Gasteiger partial charge in [0, 0.05) is 0 Å². The highest BCUT2D eigenvalue weighted by Gasteiger charge is 2.35. The molecule has 0 unspecified atom stereocenters. The highest BCUT2D eigenvalue weighted by Crippen LogP contribution is 2.32. The van der Waals surface area contributed by atoms with Gasteiger partial charge in [0.15, 0.2) is 0 Å². The predicted octanol–water partition coefficient (Wildman–Crippen LogP) is 7.17. The molecule has 0 heterocycles. The van der Waals surface area contributed by atoms with Crippen LogP contribution in [-0.2, 0) is 10.9 Å². The summed E-state index contributed by atoms with van der Waals surface area (Å²) in [6.07, 6.45) is 8.37. The Hall–Kier alpha value is -1.52. The molecule has 1 aromatic rings. The fourth-order valence-corrected chi connectivity index (χ4v) is 2.92. The van der Waals surface area contributed by atoms with Crippen molar-refractivity contribution in [2.24, 2.45) is 0 Å². The third-order valence-corrected chi connectivity index (χ3v) is 4.43. The first-order valence-corrected chi connectivity index (χ1v) is 9.80. The Morgan fingerprint density at radius 1 is 0.846 bits per heavy atom. The lowest BCUT2D eigenvalue weighted by Crippen LogP contribution is -2.15. The lowest BCUT2D eigenvalue weighted by Gasteiger charge is -2.12. The molecule has 0 radical (unpaired) electrons. The Kier molecular flexibility index (Phi) is 11.1. The summed E-state index contributed by atoms with van der Waals surface area (Å²) >= 11 is 0. The van der Waals surface area contributed by atoms with Crippen molar-refractivity contribution in [2.75, 3.05) is 6.61 Å². The highest BCUT2D eigenvalue weighted by molar-refractivity contribution is 5.91. The maximum Gasteiger partial charge on any atom is 0.417 e. The molecule has 0 saturated heterocycles. The molecule has 26 heavy (non-hydrogen) atoms. The van der Waals surface area contributed by atoms with Gasteiger partial charge in [-0.05, 0) is 18.6 Å². The van der Waals surface area contributed by atoms with Gasteiger partial charge in [0.25, 0.3) is 0 Å². The molecule has 0 aliphatic rings. The summed E-state index contributed by atoms with van der Waals surface area (Å²) in [5, 5.41) is 0. The lowest BCUT2D eigenvalue weighted by molar-refractivity contribution is -0.138. The number of ether oxygens (including phenoxy) is 1. The second-order valence-electron chi connectivity index (χ2n) is 6.71. The highest BCUT2D eigenvalue weighted by atomic mass is 19.4. The molecule has 0 spiro atoms. The second kappa shape index (κ2) is 12.8. The Morgan fingerprint density at radius 2 is 1.35 bits per heavy atom. The number of hydrogen-bond acceptors (Lipinski definition) is 2. The second-order valence-corrected chi connectivity index (χ2v) is 6.71. The van der Waals surface area contributed by atoms with Crippen molar-refractivity contribution in [1.82, 2.24) is 0 Å². The molecule has 2 nitrogen and oxygen atoms in total. The van der Waals surface area contributed by atoms with E-state index < -0.39 is 23.3 Å². The summed E-state index contributed by atoms with van der Waals surface area (Å²) in [7, 11) is 0. The Labute approximate surface area is 155 Å². The number of alkyl halides is 3. The largest absolute Gasteiger partial charge is 0.462 e. The molecule has 0 atom stereocenters. The minimum atomic E-state index is -4.55. The summed E-state index contributed by atoms with van der Waals surface area (Å²) in [5.41, 5.74) is -1.35. The van der Waals surface area contributed by atoms with E-state index in [0.29, 0.717) is 6.42 Å². The topological polar surface area (TPSA) is 26.3 Å². The molecule has 5 heteroatoms. The van der Waals surface area contributed by atoms with Gasteiger partial charge in [-0.25, -0.2) is 4.79 Å². The van der Waals surface area contributed by atoms with Crippen LogP contribution < -0.4 is 0 Å². The number of halogens is 3. The van der Waals surface area contributed by atoms with Crippen molar-refractivity contribution >= 4 is 5.97 Å². The van der Waals surface area contributed by atoms with Crippen LogP contribution in [0.5, 0.6) is 0 Å². The number of hydrogen-bond donors (Lipinski definition) is 0. The zero-order valence-electron chi connectivity index (χ0n) is 15.7. The minimum Gasteiger partial charge on any atom is -0.462 e. The van der Waals surface area contributed by atoms with Crippen LogP contribution in [0, 0.1) is 0 Å². The Morgan fingerprint density at radius 3 is 1.88 bits per heavy atom. The molecular formula is C21H31F3O2.